The zero-order chi connectivity index (χ0) is 12.5. The number of nitrogens with zero attached hydrogens (tertiary/aromatic N) is 2. The molecule has 0 saturated heterocycles. The number of hydrogen-bond acceptors (Lipinski definition) is 2. The van der Waals surface area contributed by atoms with E-state index in [1.54, 1.807) is 0 Å². The molecule has 0 aliphatic heterocycles. The number of aromatic nitrogens is 2. The highest BCUT2D eigenvalue weighted by atomic mass is 79.9. The van der Waals surface area contributed by atoms with Crippen molar-refractivity contribution >= 4 is 15.9 Å². The standard InChI is InChI=1S/C14H16BrN3/c15-12-4-3-11(5-7-16)14(9-12)18-8-6-13(17-18)10-1-2-10/h3-4,6,8-10H,1-2,5,7,16H2. The van der Waals surface area contributed by atoms with Crippen LogP contribution in [0.3, 0.4) is 0 Å². The van der Waals surface area contributed by atoms with Gasteiger partial charge < -0.3 is 5.73 Å². The summed E-state index contributed by atoms with van der Waals surface area (Å²) in [7, 11) is 0. The van der Waals surface area contributed by atoms with Gasteiger partial charge in [-0.1, -0.05) is 22.0 Å². The van der Waals surface area contributed by atoms with Crippen LogP contribution in [0.25, 0.3) is 5.69 Å². The van der Waals surface area contributed by atoms with Crippen LogP contribution in [-0.2, 0) is 6.42 Å². The van der Waals surface area contributed by atoms with E-state index in [4.69, 9.17) is 5.73 Å². The van der Waals surface area contributed by atoms with Gasteiger partial charge in [0, 0.05) is 16.6 Å². The Balaban J connectivity index is 1.99. The fourth-order valence-corrected chi connectivity index (χ4v) is 2.54. The maximum Gasteiger partial charge on any atom is 0.0689 e. The van der Waals surface area contributed by atoms with Gasteiger partial charge in [-0.2, -0.15) is 5.10 Å². The predicted molar refractivity (Wildman–Crippen MR) is 76.0 cm³/mol. The molecule has 0 spiro atoms. The lowest BCUT2D eigenvalue weighted by atomic mass is 10.1. The van der Waals surface area contributed by atoms with Gasteiger partial charge in [0.05, 0.1) is 11.4 Å². The quantitative estimate of drug-likeness (QED) is 0.943. The maximum atomic E-state index is 5.67. The van der Waals surface area contributed by atoms with Gasteiger partial charge in [-0.25, -0.2) is 4.68 Å². The van der Waals surface area contributed by atoms with Crippen molar-refractivity contribution in [2.75, 3.05) is 6.54 Å². The molecule has 0 atom stereocenters. The minimum Gasteiger partial charge on any atom is -0.330 e. The van der Waals surface area contributed by atoms with Crippen LogP contribution >= 0.6 is 15.9 Å². The van der Waals surface area contributed by atoms with Crippen LogP contribution in [0.4, 0.5) is 0 Å². The monoisotopic (exact) mass is 305 g/mol. The summed E-state index contributed by atoms with van der Waals surface area (Å²) in [4.78, 5) is 0. The van der Waals surface area contributed by atoms with Crippen molar-refractivity contribution in [1.82, 2.24) is 9.78 Å². The molecule has 3 nitrogen and oxygen atoms in total. The fraction of sp³-hybridized carbons (Fsp3) is 0.357. The summed E-state index contributed by atoms with van der Waals surface area (Å²) in [6.45, 7) is 0.658. The van der Waals surface area contributed by atoms with E-state index in [0.29, 0.717) is 12.5 Å². The first-order valence-electron chi connectivity index (χ1n) is 6.32. The summed E-state index contributed by atoms with van der Waals surface area (Å²) in [5.74, 6) is 0.691. The van der Waals surface area contributed by atoms with E-state index in [9.17, 15) is 0 Å². The van der Waals surface area contributed by atoms with Crippen LogP contribution in [0.15, 0.2) is 34.9 Å². The second kappa shape index (κ2) is 4.86. The summed E-state index contributed by atoms with van der Waals surface area (Å²) in [6.07, 6.45) is 5.49. The van der Waals surface area contributed by atoms with Gasteiger partial charge in [0.15, 0.2) is 0 Å². The van der Waals surface area contributed by atoms with Gasteiger partial charge in [0.2, 0.25) is 0 Å². The molecule has 18 heavy (non-hydrogen) atoms. The third kappa shape index (κ3) is 2.35. The highest BCUT2D eigenvalue weighted by Crippen LogP contribution is 2.39. The Hall–Kier alpha value is -1.13. The Morgan fingerprint density at radius 1 is 1.33 bits per heavy atom. The molecule has 1 aromatic heterocycles. The summed E-state index contributed by atoms with van der Waals surface area (Å²) in [5.41, 5.74) is 9.25. The largest absolute Gasteiger partial charge is 0.330 e. The Kier molecular flexibility index (Phi) is 3.22. The first kappa shape index (κ1) is 11.9. The molecule has 94 valence electrons. The molecule has 1 heterocycles. The molecule has 0 unspecified atom stereocenters. The molecular formula is C14H16BrN3. The molecule has 1 aliphatic rings. The zero-order valence-electron chi connectivity index (χ0n) is 10.1. The predicted octanol–water partition coefficient (Wildman–Crippen LogP) is 3.01. The third-order valence-electron chi connectivity index (χ3n) is 3.31. The number of hydrogen-bond donors (Lipinski definition) is 1. The van der Waals surface area contributed by atoms with Crippen LogP contribution in [-0.4, -0.2) is 16.3 Å². The van der Waals surface area contributed by atoms with E-state index in [2.05, 4.69) is 51.5 Å². The smallest absolute Gasteiger partial charge is 0.0689 e. The lowest BCUT2D eigenvalue weighted by Crippen LogP contribution is -2.07. The Morgan fingerprint density at radius 3 is 2.89 bits per heavy atom. The van der Waals surface area contributed by atoms with E-state index in [0.717, 1.165) is 16.6 Å². The van der Waals surface area contributed by atoms with E-state index >= 15 is 0 Å². The van der Waals surface area contributed by atoms with Gasteiger partial charge in [-0.05, 0) is 49.6 Å². The molecule has 0 radical (unpaired) electrons. The minimum atomic E-state index is 0.658. The van der Waals surface area contributed by atoms with E-state index < -0.39 is 0 Å². The van der Waals surface area contributed by atoms with Gasteiger partial charge in [0.1, 0.15) is 0 Å². The highest BCUT2D eigenvalue weighted by molar-refractivity contribution is 9.10. The van der Waals surface area contributed by atoms with Crippen molar-refractivity contribution in [3.8, 4) is 5.69 Å². The molecule has 0 amide bonds. The Bertz CT molecular complexity index is 558. The molecule has 1 aromatic carbocycles. The topological polar surface area (TPSA) is 43.8 Å². The zero-order valence-corrected chi connectivity index (χ0v) is 11.7. The second-order valence-corrected chi connectivity index (χ2v) is 5.69. The second-order valence-electron chi connectivity index (χ2n) is 4.77. The molecule has 2 aromatic rings. The van der Waals surface area contributed by atoms with Gasteiger partial charge in [0.25, 0.3) is 0 Å². The summed E-state index contributed by atoms with van der Waals surface area (Å²) < 4.78 is 3.05. The molecule has 3 rings (SSSR count). The van der Waals surface area contributed by atoms with Crippen LogP contribution in [0.5, 0.6) is 0 Å². The van der Waals surface area contributed by atoms with Crippen molar-refractivity contribution in [2.45, 2.75) is 25.2 Å². The fourth-order valence-electron chi connectivity index (χ4n) is 2.19. The SMILES string of the molecule is NCCc1ccc(Br)cc1-n1ccc(C2CC2)n1. The summed E-state index contributed by atoms with van der Waals surface area (Å²) >= 11 is 3.52. The van der Waals surface area contributed by atoms with Crippen molar-refractivity contribution < 1.29 is 0 Å². The van der Waals surface area contributed by atoms with E-state index in [-0.39, 0.29) is 0 Å². The van der Waals surface area contributed by atoms with E-state index in [1.165, 1.54) is 24.1 Å². The molecule has 1 saturated carbocycles. The highest BCUT2D eigenvalue weighted by Gasteiger charge is 2.26. The molecular weight excluding hydrogens is 290 g/mol. The molecule has 4 heteroatoms. The minimum absolute atomic E-state index is 0.658. The lowest BCUT2D eigenvalue weighted by molar-refractivity contribution is 0.818. The van der Waals surface area contributed by atoms with Gasteiger partial charge in [-0.3, -0.25) is 0 Å². The van der Waals surface area contributed by atoms with Crippen LogP contribution in [0, 0.1) is 0 Å². The van der Waals surface area contributed by atoms with Crippen LogP contribution in [0.2, 0.25) is 0 Å². The Labute approximate surface area is 115 Å². The van der Waals surface area contributed by atoms with Crippen molar-refractivity contribution in [3.63, 3.8) is 0 Å². The van der Waals surface area contributed by atoms with Crippen molar-refractivity contribution in [3.05, 3.63) is 46.2 Å². The summed E-state index contributed by atoms with van der Waals surface area (Å²) in [6, 6.07) is 8.41. The van der Waals surface area contributed by atoms with Crippen molar-refractivity contribution in [1.29, 1.82) is 0 Å². The van der Waals surface area contributed by atoms with Crippen molar-refractivity contribution in [2.24, 2.45) is 5.73 Å². The molecule has 1 fully saturated rings. The Morgan fingerprint density at radius 2 is 2.17 bits per heavy atom. The van der Waals surface area contributed by atoms with Gasteiger partial charge in [-0.15, -0.1) is 0 Å². The molecule has 2 N–H and O–H groups in total. The first-order chi connectivity index (χ1) is 8.78. The summed E-state index contributed by atoms with van der Waals surface area (Å²) in [5, 5.41) is 4.68. The third-order valence-corrected chi connectivity index (χ3v) is 3.81. The van der Waals surface area contributed by atoms with Crippen LogP contribution in [0.1, 0.15) is 30.0 Å². The normalized spacial score (nSPS) is 15.0. The number of rotatable bonds is 4. The lowest BCUT2D eigenvalue weighted by Gasteiger charge is -2.09. The molecule has 1 aliphatic carbocycles. The number of benzene rings is 1. The first-order valence-corrected chi connectivity index (χ1v) is 7.11. The average molecular weight is 306 g/mol. The number of nitrogens with two attached hydrogens (primary N) is 1. The average Bonchev–Trinajstić information content (AvgIpc) is 3.10. The van der Waals surface area contributed by atoms with Crippen LogP contribution < -0.4 is 5.73 Å². The maximum absolute atomic E-state index is 5.67. The van der Waals surface area contributed by atoms with E-state index in [1.807, 2.05) is 4.68 Å². The van der Waals surface area contributed by atoms with Gasteiger partial charge >= 0.3 is 0 Å². The number of halogens is 1. The molecule has 0 bridgehead atoms.